The lowest BCUT2D eigenvalue weighted by atomic mass is 10.2. The highest BCUT2D eigenvalue weighted by Crippen LogP contribution is 2.33. The van der Waals surface area contributed by atoms with Crippen LogP contribution in [0.5, 0.6) is 0 Å². The molecule has 2 amide bonds. The average Bonchev–Trinajstić information content (AvgIpc) is 2.68. The van der Waals surface area contributed by atoms with Crippen LogP contribution in [0, 0.1) is 17.1 Å². The molecular formula is C11H7ClF4N4O. The molecule has 0 saturated carbocycles. The molecule has 1 atom stereocenters. The highest BCUT2D eigenvalue weighted by molar-refractivity contribution is 6.34. The molecule has 10 heteroatoms. The summed E-state index contributed by atoms with van der Waals surface area (Å²) in [5.74, 6) is -0.996. The van der Waals surface area contributed by atoms with Crippen molar-refractivity contribution in [2.45, 2.75) is 12.3 Å². The van der Waals surface area contributed by atoms with Gasteiger partial charge in [0.05, 0.1) is 16.3 Å². The molecule has 0 bridgehead atoms. The number of carbonyl (C=O) groups is 1. The summed E-state index contributed by atoms with van der Waals surface area (Å²) in [7, 11) is 0.946. The van der Waals surface area contributed by atoms with Gasteiger partial charge in [0.1, 0.15) is 11.9 Å². The van der Waals surface area contributed by atoms with Crippen LogP contribution in [0.25, 0.3) is 0 Å². The summed E-state index contributed by atoms with van der Waals surface area (Å²) >= 11 is 5.78. The van der Waals surface area contributed by atoms with Crippen LogP contribution in [0.15, 0.2) is 12.1 Å². The number of benzene rings is 1. The number of nitriles is 1. The third-order valence-corrected chi connectivity index (χ3v) is 3.14. The highest BCUT2D eigenvalue weighted by Gasteiger charge is 2.51. The summed E-state index contributed by atoms with van der Waals surface area (Å²) < 4.78 is 51.8. The maximum Gasteiger partial charge on any atom is 0.424 e. The lowest BCUT2D eigenvalue weighted by molar-refractivity contribution is -0.174. The normalized spacial score (nSPS) is 19.1. The van der Waals surface area contributed by atoms with E-state index in [0.29, 0.717) is 9.91 Å². The third-order valence-electron chi connectivity index (χ3n) is 2.84. The Kier molecular flexibility index (Phi) is 3.69. The van der Waals surface area contributed by atoms with Crippen LogP contribution < -0.4 is 10.4 Å². The Labute approximate surface area is 121 Å². The van der Waals surface area contributed by atoms with E-state index < -0.39 is 24.2 Å². The Morgan fingerprint density at radius 2 is 2.05 bits per heavy atom. The van der Waals surface area contributed by atoms with Crippen LogP contribution in [0.4, 0.5) is 28.0 Å². The molecule has 1 heterocycles. The topological polar surface area (TPSA) is 59.4 Å². The minimum atomic E-state index is -4.71. The van der Waals surface area contributed by atoms with Crippen molar-refractivity contribution in [1.82, 2.24) is 10.3 Å². The Morgan fingerprint density at radius 3 is 2.52 bits per heavy atom. The number of rotatable bonds is 1. The number of hydrazine groups is 1. The van der Waals surface area contributed by atoms with Crippen molar-refractivity contribution in [3.63, 3.8) is 0 Å². The number of alkyl halides is 3. The van der Waals surface area contributed by atoms with Gasteiger partial charge < -0.3 is 4.90 Å². The van der Waals surface area contributed by atoms with Gasteiger partial charge in [0.2, 0.25) is 0 Å². The molecule has 1 fully saturated rings. The molecule has 1 aromatic rings. The largest absolute Gasteiger partial charge is 0.424 e. The number of urea groups is 1. The molecule has 2 rings (SSSR count). The Hall–Kier alpha value is -2.05. The van der Waals surface area contributed by atoms with Crippen molar-refractivity contribution in [3.8, 4) is 6.07 Å². The number of hydrogen-bond donors (Lipinski definition) is 1. The second kappa shape index (κ2) is 5.05. The first-order valence-electron chi connectivity index (χ1n) is 5.45. The van der Waals surface area contributed by atoms with Gasteiger partial charge in [0, 0.05) is 13.1 Å². The molecule has 1 aromatic carbocycles. The van der Waals surface area contributed by atoms with Crippen LogP contribution >= 0.6 is 11.6 Å². The fourth-order valence-electron chi connectivity index (χ4n) is 1.79. The molecule has 112 valence electrons. The third kappa shape index (κ3) is 2.59. The number of halogens is 5. The summed E-state index contributed by atoms with van der Waals surface area (Å²) in [4.78, 5) is 12.2. The van der Waals surface area contributed by atoms with Gasteiger partial charge in [-0.2, -0.15) is 23.9 Å². The zero-order valence-corrected chi connectivity index (χ0v) is 11.1. The van der Waals surface area contributed by atoms with Gasteiger partial charge in [0.15, 0.2) is 6.17 Å². The summed E-state index contributed by atoms with van der Waals surface area (Å²) in [5.41, 5.74) is 1.22. The second-order valence-corrected chi connectivity index (χ2v) is 4.60. The van der Waals surface area contributed by atoms with Crippen molar-refractivity contribution < 1.29 is 22.4 Å². The van der Waals surface area contributed by atoms with Crippen LogP contribution in [0.3, 0.4) is 0 Å². The number of anilines is 1. The number of nitrogens with zero attached hydrogens (tertiary/aromatic N) is 3. The predicted molar refractivity (Wildman–Crippen MR) is 64.7 cm³/mol. The standard InChI is InChI=1S/C11H7ClF4N4O/c1-19-9(11(14,15)16)18-20(10(19)21)8-3-7(13)5(4-17)2-6(8)12/h2-3,9,18H,1H3. The van der Waals surface area contributed by atoms with E-state index in [0.717, 1.165) is 19.2 Å². The molecule has 0 spiro atoms. The number of hydrogen-bond acceptors (Lipinski definition) is 3. The molecule has 21 heavy (non-hydrogen) atoms. The zero-order valence-electron chi connectivity index (χ0n) is 10.4. The molecular weight excluding hydrogens is 316 g/mol. The molecule has 1 N–H and O–H groups in total. The first-order chi connectivity index (χ1) is 9.66. The van der Waals surface area contributed by atoms with E-state index in [-0.39, 0.29) is 16.3 Å². The quantitative estimate of drug-likeness (QED) is 0.809. The van der Waals surface area contributed by atoms with E-state index >= 15 is 0 Å². The van der Waals surface area contributed by atoms with Gasteiger partial charge in [-0.15, -0.1) is 0 Å². The van der Waals surface area contributed by atoms with Crippen molar-refractivity contribution in [2.75, 3.05) is 12.1 Å². The van der Waals surface area contributed by atoms with Crippen LogP contribution in [-0.4, -0.2) is 30.3 Å². The van der Waals surface area contributed by atoms with Crippen molar-refractivity contribution in [2.24, 2.45) is 0 Å². The molecule has 1 aliphatic rings. The van der Waals surface area contributed by atoms with Crippen LogP contribution in [0.1, 0.15) is 5.56 Å². The molecule has 0 aliphatic carbocycles. The molecule has 5 nitrogen and oxygen atoms in total. The van der Waals surface area contributed by atoms with E-state index in [1.54, 1.807) is 0 Å². The van der Waals surface area contributed by atoms with Gasteiger partial charge in [-0.05, 0) is 6.07 Å². The van der Waals surface area contributed by atoms with Crippen LogP contribution in [0.2, 0.25) is 5.02 Å². The van der Waals surface area contributed by atoms with E-state index in [1.165, 1.54) is 6.07 Å². The molecule has 0 aromatic heterocycles. The lowest BCUT2D eigenvalue weighted by Gasteiger charge is -2.20. The Bertz CT molecular complexity index is 642. The summed E-state index contributed by atoms with van der Waals surface area (Å²) in [6, 6.07) is 2.13. The van der Waals surface area contributed by atoms with Crippen molar-refractivity contribution in [1.29, 1.82) is 5.26 Å². The van der Waals surface area contributed by atoms with Gasteiger partial charge in [-0.3, -0.25) is 0 Å². The minimum absolute atomic E-state index is 0.231. The zero-order chi connectivity index (χ0) is 15.9. The fraction of sp³-hybridized carbons (Fsp3) is 0.273. The van der Waals surface area contributed by atoms with Gasteiger partial charge in [-0.25, -0.2) is 14.2 Å². The predicted octanol–water partition coefficient (Wildman–Crippen LogP) is 2.62. The number of nitrogens with one attached hydrogen (secondary N) is 1. The maximum absolute atomic E-state index is 13.6. The smallest absolute Gasteiger partial charge is 0.301 e. The first kappa shape index (κ1) is 15.3. The van der Waals surface area contributed by atoms with Gasteiger partial charge >= 0.3 is 12.2 Å². The summed E-state index contributed by atoms with van der Waals surface area (Å²) in [5, 5.41) is 8.90. The van der Waals surface area contributed by atoms with E-state index in [9.17, 15) is 22.4 Å². The molecule has 1 saturated heterocycles. The monoisotopic (exact) mass is 322 g/mol. The maximum atomic E-state index is 13.6. The van der Waals surface area contributed by atoms with Gasteiger partial charge in [-0.1, -0.05) is 11.6 Å². The number of carbonyl (C=O) groups excluding carboxylic acids is 1. The van der Waals surface area contributed by atoms with Crippen molar-refractivity contribution in [3.05, 3.63) is 28.5 Å². The summed E-state index contributed by atoms with van der Waals surface area (Å²) in [6.45, 7) is 0. The Morgan fingerprint density at radius 1 is 1.43 bits per heavy atom. The molecule has 1 unspecified atom stereocenters. The number of amides is 2. The van der Waals surface area contributed by atoms with E-state index in [1.807, 2.05) is 5.43 Å². The first-order valence-corrected chi connectivity index (χ1v) is 5.83. The second-order valence-electron chi connectivity index (χ2n) is 4.20. The van der Waals surface area contributed by atoms with E-state index in [4.69, 9.17) is 16.9 Å². The molecule has 0 radical (unpaired) electrons. The van der Waals surface area contributed by atoms with Gasteiger partial charge in [0.25, 0.3) is 0 Å². The van der Waals surface area contributed by atoms with E-state index in [2.05, 4.69) is 0 Å². The average molecular weight is 323 g/mol. The fourth-order valence-corrected chi connectivity index (χ4v) is 2.04. The Balaban J connectivity index is 2.43. The lowest BCUT2D eigenvalue weighted by Crippen LogP contribution is -2.47. The van der Waals surface area contributed by atoms with Crippen molar-refractivity contribution >= 4 is 23.3 Å². The van der Waals surface area contributed by atoms with Crippen LogP contribution in [-0.2, 0) is 0 Å². The minimum Gasteiger partial charge on any atom is -0.301 e. The SMILES string of the molecule is CN1C(=O)N(c2cc(F)c(C#N)cc2Cl)NC1C(F)(F)F. The highest BCUT2D eigenvalue weighted by atomic mass is 35.5. The molecule has 1 aliphatic heterocycles. The summed E-state index contributed by atoms with van der Waals surface area (Å²) in [6.07, 6.45) is -6.96.